The Morgan fingerprint density at radius 3 is 2.86 bits per heavy atom. The number of hydrogen-bond acceptors (Lipinski definition) is 3. The van der Waals surface area contributed by atoms with Gasteiger partial charge in [0.15, 0.2) is 0 Å². The summed E-state index contributed by atoms with van der Waals surface area (Å²) in [4.78, 5) is 12.0. The summed E-state index contributed by atoms with van der Waals surface area (Å²) >= 11 is 7.95. The zero-order valence-electron chi connectivity index (χ0n) is 12.2. The van der Waals surface area contributed by atoms with Gasteiger partial charge in [0.2, 0.25) is 0 Å². The van der Waals surface area contributed by atoms with Gasteiger partial charge >= 0.3 is 0 Å². The van der Waals surface area contributed by atoms with E-state index in [9.17, 15) is 4.79 Å². The maximum Gasteiger partial charge on any atom is 0.251 e. The maximum atomic E-state index is 12.0. The van der Waals surface area contributed by atoms with E-state index >= 15 is 0 Å². The van der Waals surface area contributed by atoms with Gasteiger partial charge in [-0.25, -0.2) is 0 Å². The molecular formula is C16H21ClN2OS. The minimum atomic E-state index is -0.0971. The molecule has 0 aliphatic heterocycles. The number of rotatable bonds is 7. The molecule has 0 spiro atoms. The minimum absolute atomic E-state index is 0.0971. The summed E-state index contributed by atoms with van der Waals surface area (Å²) in [6.07, 6.45) is 5.43. The highest BCUT2D eigenvalue weighted by molar-refractivity contribution is 7.98. The molecular weight excluding hydrogens is 304 g/mol. The summed E-state index contributed by atoms with van der Waals surface area (Å²) in [6.45, 7) is 0.981. The van der Waals surface area contributed by atoms with Gasteiger partial charge in [0.25, 0.3) is 5.91 Å². The van der Waals surface area contributed by atoms with Crippen molar-refractivity contribution in [3.63, 3.8) is 0 Å². The van der Waals surface area contributed by atoms with Crippen LogP contribution in [-0.4, -0.2) is 31.0 Å². The molecule has 0 radical (unpaired) electrons. The van der Waals surface area contributed by atoms with Crippen molar-refractivity contribution in [1.29, 1.82) is 0 Å². The van der Waals surface area contributed by atoms with Gasteiger partial charge in [0.1, 0.15) is 0 Å². The second-order valence-electron chi connectivity index (χ2n) is 4.51. The number of unbranched alkanes of at least 4 members (excludes halogenated alkanes) is 2. The SMILES string of the molecule is CSCCCCCNC(=O)c1ccc(C#CCN)c(Cl)c1. The van der Waals surface area contributed by atoms with Gasteiger partial charge in [0.05, 0.1) is 11.6 Å². The van der Waals surface area contributed by atoms with Crippen LogP contribution in [0, 0.1) is 11.8 Å². The van der Waals surface area contributed by atoms with Crippen molar-refractivity contribution in [2.75, 3.05) is 25.1 Å². The summed E-state index contributed by atoms with van der Waals surface area (Å²) in [7, 11) is 0. The van der Waals surface area contributed by atoms with E-state index in [-0.39, 0.29) is 12.5 Å². The first kappa shape index (κ1) is 17.9. The predicted molar refractivity (Wildman–Crippen MR) is 92.0 cm³/mol. The number of thioether (sulfide) groups is 1. The second-order valence-corrected chi connectivity index (χ2v) is 5.90. The lowest BCUT2D eigenvalue weighted by atomic mass is 10.1. The molecule has 1 aromatic rings. The number of amides is 1. The van der Waals surface area contributed by atoms with E-state index < -0.39 is 0 Å². The van der Waals surface area contributed by atoms with E-state index in [1.54, 1.807) is 18.2 Å². The highest BCUT2D eigenvalue weighted by atomic mass is 35.5. The van der Waals surface area contributed by atoms with Crippen LogP contribution in [-0.2, 0) is 0 Å². The van der Waals surface area contributed by atoms with E-state index in [0.29, 0.717) is 22.7 Å². The van der Waals surface area contributed by atoms with Gasteiger partial charge in [-0.05, 0) is 43.0 Å². The van der Waals surface area contributed by atoms with Gasteiger partial charge in [-0.2, -0.15) is 11.8 Å². The minimum Gasteiger partial charge on any atom is -0.352 e. The van der Waals surface area contributed by atoms with Crippen LogP contribution in [0.25, 0.3) is 0 Å². The molecule has 3 N–H and O–H groups in total. The van der Waals surface area contributed by atoms with Crippen molar-refractivity contribution in [2.24, 2.45) is 5.73 Å². The Kier molecular flexibility index (Phi) is 9.00. The van der Waals surface area contributed by atoms with Crippen LogP contribution in [0.1, 0.15) is 35.2 Å². The maximum absolute atomic E-state index is 12.0. The first-order valence-corrected chi connectivity index (χ1v) is 8.72. The average molecular weight is 325 g/mol. The topological polar surface area (TPSA) is 55.1 Å². The standard InChI is InChI=1S/C16H21ClN2OS/c1-21-11-4-2-3-10-19-16(20)14-8-7-13(6-5-9-18)15(17)12-14/h7-8,12H,2-4,9-11,18H2,1H3,(H,19,20). The van der Waals surface area contributed by atoms with E-state index in [2.05, 4.69) is 23.4 Å². The molecule has 0 aliphatic carbocycles. The quantitative estimate of drug-likeness (QED) is 0.599. The number of carbonyl (C=O) groups excluding carboxylic acids is 1. The molecule has 3 nitrogen and oxygen atoms in total. The van der Waals surface area contributed by atoms with Crippen molar-refractivity contribution >= 4 is 29.3 Å². The molecule has 1 rings (SSSR count). The number of nitrogens with two attached hydrogens (primary N) is 1. The fourth-order valence-electron chi connectivity index (χ4n) is 1.76. The third-order valence-electron chi connectivity index (χ3n) is 2.87. The highest BCUT2D eigenvalue weighted by Crippen LogP contribution is 2.17. The largest absolute Gasteiger partial charge is 0.352 e. The normalized spacial score (nSPS) is 9.86. The molecule has 5 heteroatoms. The van der Waals surface area contributed by atoms with Gasteiger partial charge < -0.3 is 11.1 Å². The zero-order chi connectivity index (χ0) is 15.5. The third kappa shape index (κ3) is 6.90. The molecule has 0 aliphatic rings. The molecule has 0 unspecified atom stereocenters. The van der Waals surface area contributed by atoms with Crippen molar-refractivity contribution in [3.05, 3.63) is 34.3 Å². The number of halogens is 1. The Balaban J connectivity index is 2.46. The summed E-state index contributed by atoms with van der Waals surface area (Å²) in [6, 6.07) is 5.12. The number of benzene rings is 1. The van der Waals surface area contributed by atoms with Crippen LogP contribution in [0.15, 0.2) is 18.2 Å². The van der Waals surface area contributed by atoms with Crippen LogP contribution in [0.5, 0.6) is 0 Å². The van der Waals surface area contributed by atoms with E-state index in [4.69, 9.17) is 17.3 Å². The fourth-order valence-corrected chi connectivity index (χ4v) is 2.48. The molecule has 0 saturated heterocycles. The lowest BCUT2D eigenvalue weighted by Gasteiger charge is -2.06. The van der Waals surface area contributed by atoms with Crippen molar-refractivity contribution in [2.45, 2.75) is 19.3 Å². The van der Waals surface area contributed by atoms with Gasteiger partial charge in [0, 0.05) is 17.7 Å². The van der Waals surface area contributed by atoms with E-state index in [1.165, 1.54) is 12.2 Å². The lowest BCUT2D eigenvalue weighted by molar-refractivity contribution is 0.0953. The predicted octanol–water partition coefficient (Wildman–Crippen LogP) is 2.91. The Morgan fingerprint density at radius 1 is 1.38 bits per heavy atom. The van der Waals surface area contributed by atoms with Gasteiger partial charge in [-0.3, -0.25) is 4.79 Å². The molecule has 1 amide bonds. The Labute approximate surface area is 136 Å². The lowest BCUT2D eigenvalue weighted by Crippen LogP contribution is -2.24. The number of hydrogen-bond donors (Lipinski definition) is 2. The number of carbonyl (C=O) groups is 1. The molecule has 0 saturated carbocycles. The zero-order valence-corrected chi connectivity index (χ0v) is 13.8. The smallest absolute Gasteiger partial charge is 0.251 e. The van der Waals surface area contributed by atoms with Crippen LogP contribution in [0.3, 0.4) is 0 Å². The Bertz CT molecular complexity index is 523. The molecule has 114 valence electrons. The Morgan fingerprint density at radius 2 is 2.19 bits per heavy atom. The van der Waals surface area contributed by atoms with E-state index in [1.807, 2.05) is 11.8 Å². The molecule has 0 fully saturated rings. The summed E-state index contributed by atoms with van der Waals surface area (Å²) in [5.41, 5.74) is 6.57. The van der Waals surface area contributed by atoms with Gasteiger partial charge in [-0.15, -0.1) is 0 Å². The summed E-state index contributed by atoms with van der Waals surface area (Å²) in [5.74, 6) is 6.69. The Hall–Kier alpha value is -1.15. The molecule has 1 aromatic carbocycles. The molecule has 0 heterocycles. The van der Waals surface area contributed by atoms with Crippen LogP contribution < -0.4 is 11.1 Å². The monoisotopic (exact) mass is 324 g/mol. The molecule has 0 atom stereocenters. The van der Waals surface area contributed by atoms with Gasteiger partial charge in [-0.1, -0.05) is 29.9 Å². The molecule has 21 heavy (non-hydrogen) atoms. The highest BCUT2D eigenvalue weighted by Gasteiger charge is 2.07. The van der Waals surface area contributed by atoms with Crippen LogP contribution in [0.4, 0.5) is 0 Å². The third-order valence-corrected chi connectivity index (χ3v) is 3.88. The molecule has 0 aromatic heterocycles. The summed E-state index contributed by atoms with van der Waals surface area (Å²) < 4.78 is 0. The van der Waals surface area contributed by atoms with Crippen LogP contribution in [0.2, 0.25) is 5.02 Å². The van der Waals surface area contributed by atoms with Crippen molar-refractivity contribution in [3.8, 4) is 11.8 Å². The van der Waals surface area contributed by atoms with Crippen molar-refractivity contribution < 1.29 is 4.79 Å². The fraction of sp³-hybridized carbons (Fsp3) is 0.438. The van der Waals surface area contributed by atoms with E-state index in [0.717, 1.165) is 12.8 Å². The summed E-state index contributed by atoms with van der Waals surface area (Å²) in [5, 5.41) is 3.38. The number of nitrogens with one attached hydrogen (secondary N) is 1. The van der Waals surface area contributed by atoms with Crippen LogP contribution >= 0.6 is 23.4 Å². The first-order chi connectivity index (χ1) is 10.2. The van der Waals surface area contributed by atoms with Crippen molar-refractivity contribution in [1.82, 2.24) is 5.32 Å². The molecule has 0 bridgehead atoms. The average Bonchev–Trinajstić information content (AvgIpc) is 2.49. The second kappa shape index (κ2) is 10.6. The first-order valence-electron chi connectivity index (χ1n) is 6.94.